The van der Waals surface area contributed by atoms with Gasteiger partial charge in [-0.3, -0.25) is 29.4 Å². The number of ketones is 1. The largest absolute Gasteiger partial charge is 0.494 e. The summed E-state index contributed by atoms with van der Waals surface area (Å²) in [6.45, 7) is 4.49. The Morgan fingerprint density at radius 2 is 1.87 bits per heavy atom. The van der Waals surface area contributed by atoms with E-state index in [1.807, 2.05) is 26.0 Å². The molecule has 216 valence electrons. The standard InChI is InChI=1S/C27H42N6O6/c1-16(2)13-21-20(26(37)33-38)6-4-12-39-19-9-7-17(8-10-19)14-22(32-25(21)36)23(34)15-18(24(28)35)5-3-11-31-27(29)30/h7-10,16,18,20-22,38H,3-6,11-15H2,1-2H3,(H2,28,35)(H,32,36)(H,33,37)(H4,29,30,31)/t18-,20+,21-,22+/m1/s1. The SMILES string of the molecule is CC(C)C[C@H]1C(=O)N[C@H](C(=O)C[C@@H](CCCN=C(N)N)C(N)=O)Cc2ccc(cc2)OCCC[C@@H]1C(=O)NO. The number of guanidine groups is 1. The van der Waals surface area contributed by atoms with Crippen molar-refractivity contribution in [3.05, 3.63) is 29.8 Å². The molecule has 3 amide bonds. The van der Waals surface area contributed by atoms with Crippen LogP contribution in [0.3, 0.4) is 0 Å². The molecular weight excluding hydrogens is 504 g/mol. The zero-order valence-electron chi connectivity index (χ0n) is 22.7. The van der Waals surface area contributed by atoms with Crippen LogP contribution < -0.4 is 32.7 Å². The van der Waals surface area contributed by atoms with Crippen molar-refractivity contribution >= 4 is 29.5 Å². The highest BCUT2D eigenvalue weighted by Gasteiger charge is 2.36. The molecule has 0 aliphatic carbocycles. The molecule has 0 saturated carbocycles. The molecular formula is C27H42N6O6. The van der Waals surface area contributed by atoms with Gasteiger partial charge in [0.25, 0.3) is 0 Å². The Balaban J connectivity index is 2.35. The van der Waals surface area contributed by atoms with Crippen LogP contribution in [-0.2, 0) is 25.6 Å². The van der Waals surface area contributed by atoms with Crippen molar-refractivity contribution in [2.45, 2.75) is 64.8 Å². The van der Waals surface area contributed by atoms with Crippen LogP contribution in [0.2, 0.25) is 0 Å². The number of benzene rings is 1. The van der Waals surface area contributed by atoms with Crippen LogP contribution in [0.15, 0.2) is 29.3 Å². The number of carbonyl (C=O) groups is 4. The first kappa shape index (κ1) is 31.5. The number of nitrogens with one attached hydrogen (secondary N) is 2. The second kappa shape index (κ2) is 15.7. The smallest absolute Gasteiger partial charge is 0.247 e. The molecule has 2 aliphatic heterocycles. The third-order valence-corrected chi connectivity index (χ3v) is 6.85. The molecule has 0 spiro atoms. The predicted octanol–water partition coefficient (Wildman–Crippen LogP) is 0.785. The van der Waals surface area contributed by atoms with E-state index in [0.717, 1.165) is 5.56 Å². The van der Waals surface area contributed by atoms with Crippen LogP contribution in [-0.4, -0.2) is 53.9 Å². The van der Waals surface area contributed by atoms with E-state index >= 15 is 0 Å². The fourth-order valence-electron chi connectivity index (χ4n) is 4.81. The number of hydrogen-bond donors (Lipinski definition) is 6. The fraction of sp³-hybridized carbons (Fsp3) is 0.593. The second-order valence-corrected chi connectivity index (χ2v) is 10.4. The van der Waals surface area contributed by atoms with Crippen molar-refractivity contribution in [2.24, 2.45) is 45.9 Å². The Kier molecular flexibility index (Phi) is 12.7. The number of amides is 3. The Morgan fingerprint density at radius 3 is 2.46 bits per heavy atom. The van der Waals surface area contributed by atoms with Gasteiger partial charge in [0.05, 0.1) is 18.6 Å². The molecule has 12 heteroatoms. The van der Waals surface area contributed by atoms with Gasteiger partial charge in [0.1, 0.15) is 5.75 Å². The number of Topliss-reactive ketones (excluding diaryl/α,β-unsaturated/α-hetero) is 1. The van der Waals surface area contributed by atoms with Gasteiger partial charge >= 0.3 is 0 Å². The van der Waals surface area contributed by atoms with E-state index in [-0.39, 0.29) is 30.5 Å². The van der Waals surface area contributed by atoms with Crippen molar-refractivity contribution in [1.82, 2.24) is 10.8 Å². The number of fused-ring (bicyclic) bond motifs is 11. The van der Waals surface area contributed by atoms with E-state index in [9.17, 15) is 24.4 Å². The lowest BCUT2D eigenvalue weighted by Gasteiger charge is -2.29. The van der Waals surface area contributed by atoms with Gasteiger partial charge in [-0.1, -0.05) is 26.0 Å². The van der Waals surface area contributed by atoms with Crippen LogP contribution in [0.5, 0.6) is 5.75 Å². The zero-order chi connectivity index (χ0) is 28.9. The normalized spacial score (nSPS) is 20.7. The van der Waals surface area contributed by atoms with Gasteiger partial charge in [0.15, 0.2) is 11.7 Å². The molecule has 9 N–H and O–H groups in total. The van der Waals surface area contributed by atoms with Gasteiger partial charge in [0.2, 0.25) is 17.7 Å². The topological polar surface area (TPSA) is 212 Å². The number of nitrogens with two attached hydrogens (primary N) is 3. The minimum absolute atomic E-state index is 0.0651. The molecule has 0 unspecified atom stereocenters. The third kappa shape index (κ3) is 10.5. The first-order valence-electron chi connectivity index (χ1n) is 13.3. The number of ether oxygens (including phenoxy) is 1. The van der Waals surface area contributed by atoms with Gasteiger partial charge in [-0.2, -0.15) is 0 Å². The first-order valence-corrected chi connectivity index (χ1v) is 13.3. The summed E-state index contributed by atoms with van der Waals surface area (Å²) in [5.74, 6) is -3.84. The van der Waals surface area contributed by atoms with Crippen LogP contribution in [0.4, 0.5) is 0 Å². The van der Waals surface area contributed by atoms with E-state index < -0.39 is 41.5 Å². The predicted molar refractivity (Wildman–Crippen MR) is 145 cm³/mol. The molecule has 0 saturated heterocycles. The molecule has 0 fully saturated rings. The van der Waals surface area contributed by atoms with Crippen LogP contribution in [0, 0.1) is 23.7 Å². The highest BCUT2D eigenvalue weighted by Crippen LogP contribution is 2.27. The summed E-state index contributed by atoms with van der Waals surface area (Å²) >= 11 is 0. The third-order valence-electron chi connectivity index (χ3n) is 6.85. The Morgan fingerprint density at radius 1 is 1.18 bits per heavy atom. The van der Waals surface area contributed by atoms with E-state index in [4.69, 9.17) is 21.9 Å². The summed E-state index contributed by atoms with van der Waals surface area (Å²) in [6.07, 6.45) is 1.91. The maximum Gasteiger partial charge on any atom is 0.247 e. The van der Waals surface area contributed by atoms with Crippen molar-refractivity contribution in [2.75, 3.05) is 13.2 Å². The molecule has 2 heterocycles. The molecule has 3 rings (SSSR count). The molecule has 1 aromatic rings. The van der Waals surface area contributed by atoms with Crippen LogP contribution in [0.25, 0.3) is 0 Å². The highest BCUT2D eigenvalue weighted by molar-refractivity contribution is 5.94. The van der Waals surface area contributed by atoms with E-state index in [2.05, 4.69) is 10.3 Å². The lowest BCUT2D eigenvalue weighted by Crippen LogP contribution is -2.49. The molecule has 12 nitrogen and oxygen atoms in total. The maximum atomic E-state index is 13.6. The summed E-state index contributed by atoms with van der Waals surface area (Å²) in [4.78, 5) is 55.8. The summed E-state index contributed by atoms with van der Waals surface area (Å²) in [6, 6.07) is 6.24. The monoisotopic (exact) mass is 546 g/mol. The quantitative estimate of drug-likeness (QED) is 0.0765. The lowest BCUT2D eigenvalue weighted by molar-refractivity contribution is -0.142. The second-order valence-electron chi connectivity index (χ2n) is 10.4. The van der Waals surface area contributed by atoms with E-state index in [0.29, 0.717) is 51.0 Å². The van der Waals surface area contributed by atoms with E-state index in [1.54, 1.807) is 17.6 Å². The summed E-state index contributed by atoms with van der Waals surface area (Å²) in [5, 5.41) is 12.2. The Hall–Kier alpha value is -3.67. The number of rotatable bonds is 11. The number of primary amides is 1. The zero-order valence-corrected chi connectivity index (χ0v) is 22.7. The van der Waals surface area contributed by atoms with Gasteiger partial charge in [-0.05, 0) is 62.1 Å². The van der Waals surface area contributed by atoms with Gasteiger partial charge < -0.3 is 27.3 Å². The highest BCUT2D eigenvalue weighted by atomic mass is 16.5. The van der Waals surface area contributed by atoms with Crippen molar-refractivity contribution in [3.8, 4) is 5.75 Å². The van der Waals surface area contributed by atoms with Crippen molar-refractivity contribution in [3.63, 3.8) is 0 Å². The molecule has 4 atom stereocenters. The molecule has 0 aromatic heterocycles. The first-order chi connectivity index (χ1) is 18.5. The summed E-state index contributed by atoms with van der Waals surface area (Å²) < 4.78 is 5.79. The van der Waals surface area contributed by atoms with Crippen molar-refractivity contribution in [1.29, 1.82) is 0 Å². The number of hydroxylamine groups is 1. The number of hydrogen-bond acceptors (Lipinski definition) is 7. The number of carbonyl (C=O) groups excluding carboxylic acids is 4. The number of nitrogens with zero attached hydrogens (tertiary/aromatic N) is 1. The summed E-state index contributed by atoms with van der Waals surface area (Å²) in [7, 11) is 0. The molecule has 1 aromatic carbocycles. The lowest BCUT2D eigenvalue weighted by atomic mass is 9.81. The van der Waals surface area contributed by atoms with Gasteiger partial charge in [-0.15, -0.1) is 0 Å². The van der Waals surface area contributed by atoms with Gasteiger partial charge in [-0.25, -0.2) is 5.48 Å². The molecule has 2 aliphatic rings. The minimum atomic E-state index is -0.959. The van der Waals surface area contributed by atoms with Gasteiger partial charge in [0, 0.05) is 24.8 Å². The summed E-state index contributed by atoms with van der Waals surface area (Å²) in [5.41, 5.74) is 18.7. The molecule has 2 bridgehead atoms. The van der Waals surface area contributed by atoms with Crippen LogP contribution in [0.1, 0.15) is 57.9 Å². The molecule has 0 radical (unpaired) electrons. The number of aliphatic imine (C=N–C) groups is 1. The fourth-order valence-corrected chi connectivity index (χ4v) is 4.81. The maximum absolute atomic E-state index is 13.6. The average Bonchev–Trinajstić information content (AvgIpc) is 2.88. The van der Waals surface area contributed by atoms with Crippen molar-refractivity contribution < 1.29 is 29.1 Å². The van der Waals surface area contributed by atoms with Crippen LogP contribution >= 0.6 is 0 Å². The average molecular weight is 547 g/mol. The Bertz CT molecular complexity index is 1010. The Labute approximate surface area is 229 Å². The van der Waals surface area contributed by atoms with E-state index in [1.165, 1.54) is 0 Å². The molecule has 39 heavy (non-hydrogen) atoms. The minimum Gasteiger partial charge on any atom is -0.494 e.